The Balaban J connectivity index is 1.66. The molecule has 4 aromatic rings. The molecule has 0 bridgehead atoms. The van der Waals surface area contributed by atoms with Gasteiger partial charge in [-0.3, -0.25) is 9.88 Å². The maximum Gasteiger partial charge on any atom is 0.101 e. The number of hydrogen-bond acceptors (Lipinski definition) is 4. The Labute approximate surface area is 184 Å². The monoisotopic (exact) mass is 411 g/mol. The highest BCUT2D eigenvalue weighted by atomic mass is 15.4. The van der Waals surface area contributed by atoms with Gasteiger partial charge in [-0.05, 0) is 54.9 Å². The number of pyridine rings is 1. The maximum atomic E-state index is 4.57. The number of benzene rings is 2. The Hall–Kier alpha value is -3.31. The van der Waals surface area contributed by atoms with Crippen LogP contribution in [0, 0.1) is 6.92 Å². The van der Waals surface area contributed by atoms with E-state index in [2.05, 4.69) is 95.6 Å². The van der Waals surface area contributed by atoms with E-state index in [0.717, 1.165) is 48.7 Å². The van der Waals surface area contributed by atoms with Crippen molar-refractivity contribution in [2.24, 2.45) is 0 Å². The number of aromatic nitrogens is 4. The molecule has 0 radical (unpaired) electrons. The van der Waals surface area contributed by atoms with Gasteiger partial charge in [0.2, 0.25) is 0 Å². The summed E-state index contributed by atoms with van der Waals surface area (Å²) in [5.74, 6) is 0. The molecule has 0 saturated carbocycles. The van der Waals surface area contributed by atoms with Gasteiger partial charge in [-0.15, -0.1) is 5.10 Å². The van der Waals surface area contributed by atoms with Gasteiger partial charge >= 0.3 is 0 Å². The van der Waals surface area contributed by atoms with E-state index in [1.165, 1.54) is 16.7 Å². The van der Waals surface area contributed by atoms with Gasteiger partial charge in [0, 0.05) is 25.4 Å². The lowest BCUT2D eigenvalue weighted by atomic mass is 10.0. The number of rotatable bonds is 8. The molecule has 2 aromatic carbocycles. The number of hydrogen-bond donors (Lipinski definition) is 0. The van der Waals surface area contributed by atoms with Crippen molar-refractivity contribution in [2.45, 2.75) is 33.7 Å². The lowest BCUT2D eigenvalue weighted by Crippen LogP contribution is -2.23. The second kappa shape index (κ2) is 9.67. The Kier molecular flexibility index (Phi) is 6.53. The molecule has 158 valence electrons. The first-order valence-corrected chi connectivity index (χ1v) is 10.9. The van der Waals surface area contributed by atoms with Gasteiger partial charge in [0.05, 0.1) is 11.4 Å². The SMILES string of the molecule is CCN(CC)Cc1nnn(-c2ccc(C)cc2)c1Cc1ccc(-c2cccnc2)cc1. The molecule has 2 aromatic heterocycles. The zero-order valence-corrected chi connectivity index (χ0v) is 18.5. The lowest BCUT2D eigenvalue weighted by molar-refractivity contribution is 0.291. The van der Waals surface area contributed by atoms with Crippen molar-refractivity contribution < 1.29 is 0 Å². The quantitative estimate of drug-likeness (QED) is 0.406. The average molecular weight is 412 g/mol. The molecule has 2 heterocycles. The first-order chi connectivity index (χ1) is 15.2. The van der Waals surface area contributed by atoms with E-state index in [1.807, 2.05) is 16.9 Å². The van der Waals surface area contributed by atoms with Crippen LogP contribution in [0.2, 0.25) is 0 Å². The summed E-state index contributed by atoms with van der Waals surface area (Å²) < 4.78 is 1.99. The van der Waals surface area contributed by atoms with Gasteiger partial charge in [0.25, 0.3) is 0 Å². The van der Waals surface area contributed by atoms with Crippen molar-refractivity contribution in [3.8, 4) is 16.8 Å². The first kappa shape index (κ1) is 20.9. The summed E-state index contributed by atoms with van der Waals surface area (Å²) in [5, 5.41) is 9.11. The molecule has 31 heavy (non-hydrogen) atoms. The molecule has 4 rings (SSSR count). The average Bonchev–Trinajstić information content (AvgIpc) is 3.21. The van der Waals surface area contributed by atoms with Gasteiger partial charge in [-0.2, -0.15) is 0 Å². The molecule has 5 heteroatoms. The highest BCUT2D eigenvalue weighted by molar-refractivity contribution is 5.62. The zero-order valence-electron chi connectivity index (χ0n) is 18.5. The minimum atomic E-state index is 0.783. The Morgan fingerprint density at radius 1 is 0.871 bits per heavy atom. The van der Waals surface area contributed by atoms with Crippen LogP contribution in [0.3, 0.4) is 0 Å². The van der Waals surface area contributed by atoms with Crippen LogP contribution in [0.5, 0.6) is 0 Å². The summed E-state index contributed by atoms with van der Waals surface area (Å²) >= 11 is 0. The van der Waals surface area contributed by atoms with E-state index in [-0.39, 0.29) is 0 Å². The van der Waals surface area contributed by atoms with Gasteiger partial charge < -0.3 is 0 Å². The molecule has 0 aliphatic carbocycles. The van der Waals surface area contributed by atoms with Crippen molar-refractivity contribution in [1.29, 1.82) is 0 Å². The molecule has 0 saturated heterocycles. The maximum absolute atomic E-state index is 4.57. The lowest BCUT2D eigenvalue weighted by Gasteiger charge is -2.17. The molecule has 0 unspecified atom stereocenters. The highest BCUT2D eigenvalue weighted by Gasteiger charge is 2.17. The second-order valence-corrected chi connectivity index (χ2v) is 7.81. The van der Waals surface area contributed by atoms with Crippen LogP contribution in [0.15, 0.2) is 73.1 Å². The third kappa shape index (κ3) is 4.89. The molecule has 5 nitrogen and oxygen atoms in total. The largest absolute Gasteiger partial charge is 0.298 e. The number of aryl methyl sites for hydroxylation is 1. The van der Waals surface area contributed by atoms with Crippen molar-refractivity contribution in [3.63, 3.8) is 0 Å². The molecule has 0 N–H and O–H groups in total. The van der Waals surface area contributed by atoms with E-state index in [0.29, 0.717) is 0 Å². The smallest absolute Gasteiger partial charge is 0.101 e. The minimum absolute atomic E-state index is 0.783. The van der Waals surface area contributed by atoms with E-state index in [4.69, 9.17) is 0 Å². The summed E-state index contributed by atoms with van der Waals surface area (Å²) in [5.41, 5.74) is 8.01. The van der Waals surface area contributed by atoms with Gasteiger partial charge in [-0.1, -0.05) is 67.1 Å². The van der Waals surface area contributed by atoms with E-state index in [9.17, 15) is 0 Å². The molecule has 0 aliphatic heterocycles. The summed E-state index contributed by atoms with van der Waals surface area (Å²) in [7, 11) is 0. The van der Waals surface area contributed by atoms with E-state index in [1.54, 1.807) is 6.20 Å². The summed E-state index contributed by atoms with van der Waals surface area (Å²) in [6, 6.07) is 21.2. The van der Waals surface area contributed by atoms with Gasteiger partial charge in [0.15, 0.2) is 0 Å². The van der Waals surface area contributed by atoms with Crippen LogP contribution in [-0.4, -0.2) is 38.0 Å². The molecule has 0 spiro atoms. The van der Waals surface area contributed by atoms with Crippen LogP contribution in [0.25, 0.3) is 16.8 Å². The standard InChI is InChI=1S/C26H29N5/c1-4-30(5-2)19-25-26(31(29-28-25)24-14-8-20(3)9-15-24)17-21-10-12-22(13-11-21)23-7-6-16-27-18-23/h6-16,18H,4-5,17,19H2,1-3H3. The molecular formula is C26H29N5. The summed E-state index contributed by atoms with van der Waals surface area (Å²) in [6.07, 6.45) is 4.48. The fourth-order valence-electron chi connectivity index (χ4n) is 3.73. The van der Waals surface area contributed by atoms with Crippen LogP contribution in [-0.2, 0) is 13.0 Å². The molecular weight excluding hydrogens is 382 g/mol. The van der Waals surface area contributed by atoms with Crippen LogP contribution < -0.4 is 0 Å². The van der Waals surface area contributed by atoms with Crippen LogP contribution in [0.4, 0.5) is 0 Å². The minimum Gasteiger partial charge on any atom is -0.298 e. The van der Waals surface area contributed by atoms with Crippen molar-refractivity contribution in [3.05, 3.63) is 95.6 Å². The van der Waals surface area contributed by atoms with Gasteiger partial charge in [0.1, 0.15) is 5.69 Å². The third-order valence-corrected chi connectivity index (χ3v) is 5.71. The van der Waals surface area contributed by atoms with E-state index < -0.39 is 0 Å². The summed E-state index contributed by atoms with van der Waals surface area (Å²) in [6.45, 7) is 9.26. The Morgan fingerprint density at radius 2 is 1.61 bits per heavy atom. The predicted molar refractivity (Wildman–Crippen MR) is 125 cm³/mol. The van der Waals surface area contributed by atoms with Crippen molar-refractivity contribution >= 4 is 0 Å². The highest BCUT2D eigenvalue weighted by Crippen LogP contribution is 2.22. The second-order valence-electron chi connectivity index (χ2n) is 7.81. The van der Waals surface area contributed by atoms with Crippen LogP contribution in [0.1, 0.15) is 36.4 Å². The predicted octanol–water partition coefficient (Wildman–Crippen LogP) is 5.07. The fourth-order valence-corrected chi connectivity index (χ4v) is 3.73. The molecule has 0 atom stereocenters. The van der Waals surface area contributed by atoms with Crippen molar-refractivity contribution in [2.75, 3.05) is 13.1 Å². The summed E-state index contributed by atoms with van der Waals surface area (Å²) in [4.78, 5) is 6.60. The molecule has 0 fully saturated rings. The first-order valence-electron chi connectivity index (χ1n) is 10.9. The Morgan fingerprint density at radius 3 is 2.26 bits per heavy atom. The topological polar surface area (TPSA) is 46.8 Å². The Bertz CT molecular complexity index is 1100. The van der Waals surface area contributed by atoms with Crippen molar-refractivity contribution in [1.82, 2.24) is 24.9 Å². The fraction of sp³-hybridized carbons (Fsp3) is 0.269. The zero-order chi connectivity index (χ0) is 21.6. The third-order valence-electron chi connectivity index (χ3n) is 5.71. The van der Waals surface area contributed by atoms with Crippen LogP contribution >= 0.6 is 0 Å². The molecule has 0 aliphatic rings. The molecule has 0 amide bonds. The normalized spacial score (nSPS) is 11.2. The number of nitrogens with zero attached hydrogens (tertiary/aromatic N) is 5. The van der Waals surface area contributed by atoms with E-state index >= 15 is 0 Å². The van der Waals surface area contributed by atoms with Gasteiger partial charge in [-0.25, -0.2) is 4.68 Å².